The number of ether oxygens (including phenoxy) is 3. The first-order chi connectivity index (χ1) is 9.74. The summed E-state index contributed by atoms with van der Waals surface area (Å²) in [6.45, 7) is 3.58. The summed E-state index contributed by atoms with van der Waals surface area (Å²) in [5.41, 5.74) is 0.938. The van der Waals surface area contributed by atoms with E-state index >= 15 is 0 Å². The molecule has 0 radical (unpaired) electrons. The lowest BCUT2D eigenvalue weighted by atomic mass is 10.1. The highest BCUT2D eigenvalue weighted by molar-refractivity contribution is 5.51. The Morgan fingerprint density at radius 1 is 1.35 bits per heavy atom. The lowest BCUT2D eigenvalue weighted by Crippen LogP contribution is -2.22. The standard InChI is InChI=1S/C14H21NO5/c1-2-3-15-6-10-4-13-14(20-9-19-13)5-12(10)18-8-11(17)7-16/h4-5,11,15-17H,2-3,6-9H2,1H3. The van der Waals surface area contributed by atoms with Crippen molar-refractivity contribution in [2.24, 2.45) is 0 Å². The Balaban J connectivity index is 2.09. The average molecular weight is 283 g/mol. The van der Waals surface area contributed by atoms with E-state index in [1.165, 1.54) is 0 Å². The second-order valence-electron chi connectivity index (χ2n) is 4.64. The molecule has 0 aliphatic carbocycles. The third-order valence-electron chi connectivity index (χ3n) is 2.94. The number of hydrogen-bond donors (Lipinski definition) is 3. The zero-order chi connectivity index (χ0) is 14.4. The summed E-state index contributed by atoms with van der Waals surface area (Å²) in [6, 6.07) is 3.64. The zero-order valence-electron chi connectivity index (χ0n) is 11.6. The van der Waals surface area contributed by atoms with Crippen LogP contribution < -0.4 is 19.5 Å². The van der Waals surface area contributed by atoms with Crippen LogP contribution in [0.4, 0.5) is 0 Å². The van der Waals surface area contributed by atoms with E-state index in [9.17, 15) is 5.11 Å². The summed E-state index contributed by atoms with van der Waals surface area (Å²) in [6.07, 6.45) is 0.154. The molecule has 0 amide bonds. The van der Waals surface area contributed by atoms with Crippen molar-refractivity contribution in [2.75, 3.05) is 26.6 Å². The van der Waals surface area contributed by atoms with Crippen LogP contribution in [0.1, 0.15) is 18.9 Å². The van der Waals surface area contributed by atoms with Gasteiger partial charge in [0.25, 0.3) is 0 Å². The number of rotatable bonds is 8. The van der Waals surface area contributed by atoms with Gasteiger partial charge in [0.1, 0.15) is 18.5 Å². The predicted octanol–water partition coefficient (Wildman–Crippen LogP) is 0.647. The molecule has 20 heavy (non-hydrogen) atoms. The van der Waals surface area contributed by atoms with E-state index in [4.69, 9.17) is 19.3 Å². The molecule has 0 spiro atoms. The second kappa shape index (κ2) is 7.33. The first-order valence-corrected chi connectivity index (χ1v) is 6.79. The monoisotopic (exact) mass is 283 g/mol. The average Bonchev–Trinajstić information content (AvgIpc) is 2.91. The quantitative estimate of drug-likeness (QED) is 0.608. The van der Waals surface area contributed by atoms with Gasteiger partial charge in [0, 0.05) is 18.2 Å². The maximum Gasteiger partial charge on any atom is 0.231 e. The highest BCUT2D eigenvalue weighted by Gasteiger charge is 2.18. The molecule has 3 N–H and O–H groups in total. The van der Waals surface area contributed by atoms with E-state index < -0.39 is 6.10 Å². The molecule has 1 aromatic rings. The molecule has 0 saturated carbocycles. The largest absolute Gasteiger partial charge is 0.490 e. The SMILES string of the molecule is CCCNCc1cc2c(cc1OCC(O)CO)OCO2. The molecule has 0 aromatic heterocycles. The fraction of sp³-hybridized carbons (Fsp3) is 0.571. The number of benzene rings is 1. The van der Waals surface area contributed by atoms with Crippen LogP contribution in [0.25, 0.3) is 0 Å². The Labute approximate surface area is 118 Å². The van der Waals surface area contributed by atoms with E-state index in [-0.39, 0.29) is 20.0 Å². The molecule has 1 aliphatic rings. The van der Waals surface area contributed by atoms with Gasteiger partial charge in [-0.15, -0.1) is 0 Å². The van der Waals surface area contributed by atoms with E-state index in [0.717, 1.165) is 18.5 Å². The number of nitrogens with one attached hydrogen (secondary N) is 1. The lowest BCUT2D eigenvalue weighted by Gasteiger charge is -2.15. The molecular weight excluding hydrogens is 262 g/mol. The molecule has 112 valence electrons. The number of fused-ring (bicyclic) bond motifs is 1. The summed E-state index contributed by atoms with van der Waals surface area (Å²) >= 11 is 0. The van der Waals surface area contributed by atoms with Crippen molar-refractivity contribution in [3.8, 4) is 17.2 Å². The first kappa shape index (κ1) is 14.9. The maximum absolute atomic E-state index is 9.37. The molecule has 2 rings (SSSR count). The second-order valence-corrected chi connectivity index (χ2v) is 4.64. The Bertz CT molecular complexity index is 438. The van der Waals surface area contributed by atoms with E-state index in [1.807, 2.05) is 6.07 Å². The number of aliphatic hydroxyl groups is 2. The normalized spacial score (nSPS) is 14.3. The summed E-state index contributed by atoms with van der Waals surface area (Å²) in [7, 11) is 0. The molecular formula is C14H21NO5. The topological polar surface area (TPSA) is 80.2 Å². The van der Waals surface area contributed by atoms with Crippen molar-refractivity contribution >= 4 is 0 Å². The minimum Gasteiger partial charge on any atom is -0.490 e. The van der Waals surface area contributed by atoms with Crippen molar-refractivity contribution < 1.29 is 24.4 Å². The molecule has 1 heterocycles. The van der Waals surface area contributed by atoms with Gasteiger partial charge in [0.2, 0.25) is 6.79 Å². The van der Waals surface area contributed by atoms with Crippen molar-refractivity contribution in [3.05, 3.63) is 17.7 Å². The first-order valence-electron chi connectivity index (χ1n) is 6.79. The third-order valence-corrected chi connectivity index (χ3v) is 2.94. The summed E-state index contributed by atoms with van der Waals surface area (Å²) in [4.78, 5) is 0. The smallest absolute Gasteiger partial charge is 0.231 e. The number of aliphatic hydroxyl groups excluding tert-OH is 2. The predicted molar refractivity (Wildman–Crippen MR) is 73.2 cm³/mol. The molecule has 6 heteroatoms. The van der Waals surface area contributed by atoms with E-state index in [1.54, 1.807) is 6.07 Å². The molecule has 1 unspecified atom stereocenters. The fourth-order valence-corrected chi connectivity index (χ4v) is 1.88. The van der Waals surface area contributed by atoms with Gasteiger partial charge in [-0.25, -0.2) is 0 Å². The summed E-state index contributed by atoms with van der Waals surface area (Å²) < 4.78 is 16.2. The van der Waals surface area contributed by atoms with Gasteiger partial charge in [-0.2, -0.15) is 0 Å². The van der Waals surface area contributed by atoms with Gasteiger partial charge in [0.15, 0.2) is 11.5 Å². The maximum atomic E-state index is 9.37. The molecule has 6 nitrogen and oxygen atoms in total. The van der Waals surface area contributed by atoms with Crippen LogP contribution >= 0.6 is 0 Å². The van der Waals surface area contributed by atoms with Crippen molar-refractivity contribution in [1.82, 2.24) is 5.32 Å². The lowest BCUT2D eigenvalue weighted by molar-refractivity contribution is 0.0532. The molecule has 0 fully saturated rings. The van der Waals surface area contributed by atoms with E-state index in [0.29, 0.717) is 23.8 Å². The van der Waals surface area contributed by atoms with Crippen LogP contribution in [0.2, 0.25) is 0 Å². The molecule has 1 aromatic carbocycles. The fourth-order valence-electron chi connectivity index (χ4n) is 1.88. The van der Waals surface area contributed by atoms with Crippen LogP contribution in [0.5, 0.6) is 17.2 Å². The van der Waals surface area contributed by atoms with Gasteiger partial charge in [0.05, 0.1) is 6.61 Å². The Morgan fingerprint density at radius 3 is 2.80 bits per heavy atom. The molecule has 1 atom stereocenters. The van der Waals surface area contributed by atoms with Gasteiger partial charge < -0.3 is 29.7 Å². The minimum absolute atomic E-state index is 0.0386. The molecule has 0 saturated heterocycles. The summed E-state index contributed by atoms with van der Waals surface area (Å²) in [5, 5.41) is 21.5. The molecule has 0 bridgehead atoms. The van der Waals surface area contributed by atoms with Gasteiger partial charge in [-0.3, -0.25) is 0 Å². The van der Waals surface area contributed by atoms with Crippen LogP contribution in [-0.2, 0) is 6.54 Å². The van der Waals surface area contributed by atoms with E-state index in [2.05, 4.69) is 12.2 Å². The van der Waals surface area contributed by atoms with Crippen LogP contribution in [0, 0.1) is 0 Å². The van der Waals surface area contributed by atoms with Crippen molar-refractivity contribution in [1.29, 1.82) is 0 Å². The minimum atomic E-state index is -0.892. The van der Waals surface area contributed by atoms with Crippen LogP contribution in [-0.4, -0.2) is 42.9 Å². The van der Waals surface area contributed by atoms with Crippen molar-refractivity contribution in [2.45, 2.75) is 26.0 Å². The van der Waals surface area contributed by atoms with Gasteiger partial charge >= 0.3 is 0 Å². The Kier molecular flexibility index (Phi) is 5.46. The Morgan fingerprint density at radius 2 is 2.10 bits per heavy atom. The van der Waals surface area contributed by atoms with Gasteiger partial charge in [-0.1, -0.05) is 6.92 Å². The molecule has 1 aliphatic heterocycles. The zero-order valence-corrected chi connectivity index (χ0v) is 11.6. The third kappa shape index (κ3) is 3.75. The Hall–Kier alpha value is -1.50. The summed E-state index contributed by atoms with van der Waals surface area (Å²) in [5.74, 6) is 1.97. The highest BCUT2D eigenvalue weighted by Crippen LogP contribution is 2.38. The van der Waals surface area contributed by atoms with Crippen LogP contribution in [0.15, 0.2) is 12.1 Å². The van der Waals surface area contributed by atoms with Gasteiger partial charge in [-0.05, 0) is 19.0 Å². The number of hydrogen-bond acceptors (Lipinski definition) is 6. The van der Waals surface area contributed by atoms with Crippen molar-refractivity contribution in [3.63, 3.8) is 0 Å². The van der Waals surface area contributed by atoms with Crippen LogP contribution in [0.3, 0.4) is 0 Å². The highest BCUT2D eigenvalue weighted by atomic mass is 16.7.